The van der Waals surface area contributed by atoms with Gasteiger partial charge in [0.25, 0.3) is 0 Å². The van der Waals surface area contributed by atoms with Crippen molar-refractivity contribution in [3.05, 3.63) is 35.9 Å². The Bertz CT molecular complexity index is 628. The maximum atomic E-state index is 12.9. The summed E-state index contributed by atoms with van der Waals surface area (Å²) in [7, 11) is 0. The van der Waals surface area contributed by atoms with Crippen LogP contribution >= 0.6 is 0 Å². The van der Waals surface area contributed by atoms with Gasteiger partial charge in [-0.05, 0) is 24.8 Å². The Labute approximate surface area is 148 Å². The molecule has 3 atom stereocenters. The van der Waals surface area contributed by atoms with E-state index in [-0.39, 0.29) is 24.5 Å². The first-order valence-corrected chi connectivity index (χ1v) is 8.52. The predicted octanol–water partition coefficient (Wildman–Crippen LogP) is 2.80. The van der Waals surface area contributed by atoms with E-state index < -0.39 is 24.1 Å². The summed E-state index contributed by atoms with van der Waals surface area (Å²) in [6.45, 7) is 6.92. The molecule has 136 valence electrons. The number of carbonyl (C=O) groups excluding carboxylic acids is 3. The standard InChI is InChI=1S/C19H25NO5/c1-12(2)17(25-14(4)21)13(3)18(22)20-16(11-24-19(20)23)10-15-8-6-5-7-9-15/h5-9,12-13,16-17H,10-11H2,1-4H3/t13-,16-,17+/m0/s1. The number of ether oxygens (including phenoxy) is 2. The molecule has 0 saturated carbocycles. The van der Waals surface area contributed by atoms with Crippen molar-refractivity contribution in [1.82, 2.24) is 4.90 Å². The Morgan fingerprint density at radius 1 is 1.24 bits per heavy atom. The maximum absolute atomic E-state index is 12.9. The van der Waals surface area contributed by atoms with E-state index in [0.29, 0.717) is 6.42 Å². The Hall–Kier alpha value is -2.37. The Balaban J connectivity index is 2.16. The largest absolute Gasteiger partial charge is 0.461 e. The van der Waals surface area contributed by atoms with E-state index in [0.717, 1.165) is 5.56 Å². The van der Waals surface area contributed by atoms with Gasteiger partial charge in [0.1, 0.15) is 12.7 Å². The fourth-order valence-electron chi connectivity index (χ4n) is 3.13. The number of nitrogens with zero attached hydrogens (tertiary/aromatic N) is 1. The summed E-state index contributed by atoms with van der Waals surface area (Å²) in [6.07, 6.45) is -0.691. The predicted molar refractivity (Wildman–Crippen MR) is 91.7 cm³/mol. The van der Waals surface area contributed by atoms with Crippen LogP contribution in [0.3, 0.4) is 0 Å². The van der Waals surface area contributed by atoms with Crippen molar-refractivity contribution >= 4 is 18.0 Å². The van der Waals surface area contributed by atoms with Crippen LogP contribution in [0.25, 0.3) is 0 Å². The summed E-state index contributed by atoms with van der Waals surface area (Å²) in [5.74, 6) is -1.49. The van der Waals surface area contributed by atoms with Gasteiger partial charge in [0.15, 0.2) is 0 Å². The Morgan fingerprint density at radius 2 is 1.88 bits per heavy atom. The summed E-state index contributed by atoms with van der Waals surface area (Å²) < 4.78 is 10.4. The van der Waals surface area contributed by atoms with Gasteiger partial charge in [0, 0.05) is 6.92 Å². The Morgan fingerprint density at radius 3 is 2.44 bits per heavy atom. The number of cyclic esters (lactones) is 1. The van der Waals surface area contributed by atoms with Gasteiger partial charge in [-0.2, -0.15) is 0 Å². The number of hydrogen-bond donors (Lipinski definition) is 0. The third-order valence-corrected chi connectivity index (χ3v) is 4.35. The van der Waals surface area contributed by atoms with E-state index in [1.165, 1.54) is 11.8 Å². The van der Waals surface area contributed by atoms with Crippen molar-refractivity contribution in [2.24, 2.45) is 11.8 Å². The summed E-state index contributed by atoms with van der Waals surface area (Å²) in [6, 6.07) is 9.29. The van der Waals surface area contributed by atoms with Crippen molar-refractivity contribution < 1.29 is 23.9 Å². The zero-order valence-corrected chi connectivity index (χ0v) is 15.1. The lowest BCUT2D eigenvalue weighted by molar-refractivity contribution is -0.156. The summed E-state index contributed by atoms with van der Waals surface area (Å²) in [5, 5.41) is 0. The van der Waals surface area contributed by atoms with Gasteiger partial charge in [0.2, 0.25) is 5.91 Å². The fourth-order valence-corrected chi connectivity index (χ4v) is 3.13. The van der Waals surface area contributed by atoms with Gasteiger partial charge in [0.05, 0.1) is 12.0 Å². The Kier molecular flexibility index (Phi) is 6.17. The molecule has 25 heavy (non-hydrogen) atoms. The van der Waals surface area contributed by atoms with Gasteiger partial charge >= 0.3 is 12.1 Å². The molecule has 0 radical (unpaired) electrons. The normalized spacial score (nSPS) is 19.5. The lowest BCUT2D eigenvalue weighted by Gasteiger charge is -2.29. The minimum absolute atomic E-state index is 0.0472. The molecule has 1 aromatic rings. The van der Waals surface area contributed by atoms with E-state index in [9.17, 15) is 14.4 Å². The van der Waals surface area contributed by atoms with Crippen LogP contribution in [0.2, 0.25) is 0 Å². The van der Waals surface area contributed by atoms with Crippen molar-refractivity contribution in [2.45, 2.75) is 46.3 Å². The van der Waals surface area contributed by atoms with E-state index in [4.69, 9.17) is 9.47 Å². The van der Waals surface area contributed by atoms with Gasteiger partial charge < -0.3 is 9.47 Å². The molecule has 0 N–H and O–H groups in total. The average Bonchev–Trinajstić information content (AvgIpc) is 2.92. The van der Waals surface area contributed by atoms with Gasteiger partial charge in [-0.25, -0.2) is 9.69 Å². The number of rotatable bonds is 6. The lowest BCUT2D eigenvalue weighted by Crippen LogP contribution is -2.47. The fraction of sp³-hybridized carbons (Fsp3) is 0.526. The van der Waals surface area contributed by atoms with E-state index >= 15 is 0 Å². The van der Waals surface area contributed by atoms with Gasteiger partial charge in [-0.3, -0.25) is 9.59 Å². The third kappa shape index (κ3) is 4.59. The van der Waals surface area contributed by atoms with Crippen LogP contribution in [0.4, 0.5) is 4.79 Å². The molecule has 2 amide bonds. The molecule has 0 aliphatic carbocycles. The molecule has 1 aromatic carbocycles. The van der Waals surface area contributed by atoms with Crippen LogP contribution in [-0.2, 0) is 25.5 Å². The summed E-state index contributed by atoms with van der Waals surface area (Å²) >= 11 is 0. The number of hydrogen-bond acceptors (Lipinski definition) is 5. The van der Waals surface area contributed by atoms with E-state index in [1.54, 1.807) is 6.92 Å². The molecule has 6 nitrogen and oxygen atoms in total. The molecular formula is C19H25NO5. The van der Waals surface area contributed by atoms with Crippen LogP contribution < -0.4 is 0 Å². The van der Waals surface area contributed by atoms with Crippen LogP contribution in [0.5, 0.6) is 0 Å². The molecule has 2 rings (SSSR count). The number of carbonyl (C=O) groups is 3. The average molecular weight is 347 g/mol. The quantitative estimate of drug-likeness (QED) is 0.740. The minimum Gasteiger partial charge on any atom is -0.461 e. The first kappa shape index (κ1) is 19.0. The molecule has 0 unspecified atom stereocenters. The second-order valence-electron chi connectivity index (χ2n) is 6.74. The highest BCUT2D eigenvalue weighted by Crippen LogP contribution is 2.24. The second kappa shape index (κ2) is 8.14. The molecule has 0 aromatic heterocycles. The SMILES string of the molecule is CC(=O)O[C@H](C(C)C)[C@H](C)C(=O)N1C(=O)OC[C@@H]1Cc1ccccc1. The highest BCUT2D eigenvalue weighted by atomic mass is 16.6. The molecule has 6 heteroatoms. The highest BCUT2D eigenvalue weighted by Gasteiger charge is 2.42. The van der Waals surface area contributed by atoms with Gasteiger partial charge in [-0.1, -0.05) is 44.2 Å². The van der Waals surface area contributed by atoms with Gasteiger partial charge in [-0.15, -0.1) is 0 Å². The zero-order chi connectivity index (χ0) is 18.6. The van der Waals surface area contributed by atoms with Crippen LogP contribution in [-0.4, -0.2) is 41.6 Å². The molecular weight excluding hydrogens is 322 g/mol. The molecule has 0 spiro atoms. The molecule has 1 aliphatic heterocycles. The molecule has 1 fully saturated rings. The van der Waals surface area contributed by atoms with E-state index in [2.05, 4.69) is 0 Å². The number of amides is 2. The van der Waals surface area contributed by atoms with Crippen LogP contribution in [0.15, 0.2) is 30.3 Å². The molecule has 0 bridgehead atoms. The smallest absolute Gasteiger partial charge is 0.416 e. The monoisotopic (exact) mass is 347 g/mol. The topological polar surface area (TPSA) is 72.9 Å². The second-order valence-corrected chi connectivity index (χ2v) is 6.74. The number of esters is 1. The number of imide groups is 1. The zero-order valence-electron chi connectivity index (χ0n) is 15.1. The summed E-state index contributed by atoms with van der Waals surface area (Å²) in [4.78, 5) is 37.5. The minimum atomic E-state index is -0.636. The lowest BCUT2D eigenvalue weighted by atomic mass is 9.92. The third-order valence-electron chi connectivity index (χ3n) is 4.35. The first-order valence-electron chi connectivity index (χ1n) is 8.52. The van der Waals surface area contributed by atoms with Crippen LogP contribution in [0.1, 0.15) is 33.3 Å². The van der Waals surface area contributed by atoms with Crippen molar-refractivity contribution in [3.8, 4) is 0 Å². The van der Waals surface area contributed by atoms with E-state index in [1.807, 2.05) is 44.2 Å². The molecule has 1 aliphatic rings. The summed E-state index contributed by atoms with van der Waals surface area (Å²) in [5.41, 5.74) is 1.02. The van der Waals surface area contributed by atoms with Crippen LogP contribution in [0, 0.1) is 11.8 Å². The molecule has 1 saturated heterocycles. The van der Waals surface area contributed by atoms with Crippen molar-refractivity contribution in [1.29, 1.82) is 0 Å². The maximum Gasteiger partial charge on any atom is 0.416 e. The van der Waals surface area contributed by atoms with Crippen molar-refractivity contribution in [2.75, 3.05) is 6.61 Å². The number of benzene rings is 1. The van der Waals surface area contributed by atoms with Crippen molar-refractivity contribution in [3.63, 3.8) is 0 Å². The first-order chi connectivity index (χ1) is 11.8. The molecule has 1 heterocycles. The highest BCUT2D eigenvalue weighted by molar-refractivity contribution is 5.95.